The van der Waals surface area contributed by atoms with Crippen molar-refractivity contribution >= 4 is 34.9 Å². The van der Waals surface area contributed by atoms with E-state index in [4.69, 9.17) is 12.2 Å². The summed E-state index contributed by atoms with van der Waals surface area (Å²) in [6.45, 7) is 3.94. The van der Waals surface area contributed by atoms with Gasteiger partial charge in [-0.1, -0.05) is 17.8 Å². The highest BCUT2D eigenvalue weighted by atomic mass is 32.2. The number of fused-ring (bicyclic) bond motifs is 1. The summed E-state index contributed by atoms with van der Waals surface area (Å²) < 4.78 is 2.51. The van der Waals surface area contributed by atoms with Crippen LogP contribution in [0.1, 0.15) is 17.2 Å². The lowest BCUT2D eigenvalue weighted by molar-refractivity contribution is 0.894. The molecule has 0 saturated heterocycles. The Balaban J connectivity index is 1.73. The number of benzene rings is 1. The maximum Gasteiger partial charge on any atom is 0.199 e. The first-order valence-electron chi connectivity index (χ1n) is 8.07. The van der Waals surface area contributed by atoms with Gasteiger partial charge >= 0.3 is 0 Å². The minimum atomic E-state index is 0.554. The summed E-state index contributed by atoms with van der Waals surface area (Å²) in [5, 5.41) is 9.08. The molecule has 4 rings (SSSR count). The first-order valence-corrected chi connectivity index (χ1v) is 9.47. The second kappa shape index (κ2) is 6.97. The molecule has 0 aliphatic carbocycles. The zero-order chi connectivity index (χ0) is 18.1. The smallest absolute Gasteiger partial charge is 0.199 e. The van der Waals surface area contributed by atoms with Crippen LogP contribution in [0.15, 0.2) is 47.8 Å². The van der Waals surface area contributed by atoms with Crippen LogP contribution in [-0.2, 0) is 5.75 Å². The van der Waals surface area contributed by atoms with Crippen molar-refractivity contribution in [2.75, 3.05) is 0 Å². The number of hydrogen-bond acceptors (Lipinski definition) is 6. The van der Waals surface area contributed by atoms with Crippen LogP contribution < -0.4 is 0 Å². The van der Waals surface area contributed by atoms with Gasteiger partial charge in [-0.25, -0.2) is 9.97 Å². The SMILES string of the molecule is Cc1cc(C)nc(SCc2n[nH]c(=S)n2-c2cccc3ncccc23)n1. The Morgan fingerprint density at radius 2 is 1.92 bits per heavy atom. The summed E-state index contributed by atoms with van der Waals surface area (Å²) in [6.07, 6.45) is 1.79. The lowest BCUT2D eigenvalue weighted by Crippen LogP contribution is -2.02. The van der Waals surface area contributed by atoms with Crippen LogP contribution in [0.25, 0.3) is 16.6 Å². The van der Waals surface area contributed by atoms with E-state index in [1.165, 1.54) is 0 Å². The zero-order valence-electron chi connectivity index (χ0n) is 14.3. The average Bonchev–Trinajstić information content (AvgIpc) is 2.99. The van der Waals surface area contributed by atoms with Crippen molar-refractivity contribution < 1.29 is 0 Å². The maximum absolute atomic E-state index is 5.47. The highest BCUT2D eigenvalue weighted by Crippen LogP contribution is 2.25. The standard InChI is InChI=1S/C18H16N6S2/c1-11-9-12(2)21-17(20-11)26-10-16-22-23-18(25)24(16)15-7-3-6-14-13(15)5-4-8-19-14/h3-9H,10H2,1-2H3,(H,23,25). The number of thioether (sulfide) groups is 1. The van der Waals surface area contributed by atoms with Crippen molar-refractivity contribution in [2.45, 2.75) is 24.8 Å². The van der Waals surface area contributed by atoms with Crippen LogP contribution in [0.3, 0.4) is 0 Å². The predicted molar refractivity (Wildman–Crippen MR) is 105 cm³/mol. The van der Waals surface area contributed by atoms with E-state index in [9.17, 15) is 0 Å². The molecule has 1 aromatic carbocycles. The van der Waals surface area contributed by atoms with Gasteiger partial charge in [-0.2, -0.15) is 5.10 Å². The summed E-state index contributed by atoms with van der Waals surface area (Å²) >= 11 is 7.02. The van der Waals surface area contributed by atoms with Crippen molar-refractivity contribution in [3.8, 4) is 5.69 Å². The van der Waals surface area contributed by atoms with Crippen molar-refractivity contribution in [1.29, 1.82) is 0 Å². The molecule has 1 N–H and O–H groups in total. The molecular formula is C18H16N6S2. The molecule has 0 atom stereocenters. The molecule has 8 heteroatoms. The van der Waals surface area contributed by atoms with Crippen LogP contribution >= 0.6 is 24.0 Å². The number of rotatable bonds is 4. The molecule has 0 aliphatic rings. The molecule has 3 aromatic heterocycles. The van der Waals surface area contributed by atoms with Gasteiger partial charge in [0.1, 0.15) is 5.82 Å². The fourth-order valence-corrected chi connectivity index (χ4v) is 3.96. The molecular weight excluding hydrogens is 364 g/mol. The number of H-pyrrole nitrogens is 1. The Labute approximate surface area is 159 Å². The monoisotopic (exact) mass is 380 g/mol. The van der Waals surface area contributed by atoms with Crippen LogP contribution in [0.4, 0.5) is 0 Å². The van der Waals surface area contributed by atoms with Crippen molar-refractivity contribution in [3.63, 3.8) is 0 Å². The van der Waals surface area contributed by atoms with Gasteiger partial charge in [0.05, 0.1) is 17.0 Å². The second-order valence-corrected chi connectivity index (χ2v) is 7.18. The summed E-state index contributed by atoms with van der Waals surface area (Å²) in [4.78, 5) is 13.4. The first-order chi connectivity index (χ1) is 12.6. The maximum atomic E-state index is 5.47. The van der Waals surface area contributed by atoms with Crippen molar-refractivity contribution in [1.82, 2.24) is 29.7 Å². The molecule has 6 nitrogen and oxygen atoms in total. The molecule has 26 heavy (non-hydrogen) atoms. The number of aryl methyl sites for hydroxylation is 2. The lowest BCUT2D eigenvalue weighted by Gasteiger charge is -2.09. The zero-order valence-corrected chi connectivity index (χ0v) is 15.9. The van der Waals surface area contributed by atoms with Gasteiger partial charge in [-0.05, 0) is 56.4 Å². The summed E-state index contributed by atoms with van der Waals surface area (Å²) in [5.41, 5.74) is 3.80. The Kier molecular flexibility index (Phi) is 4.52. The van der Waals surface area contributed by atoms with E-state index in [0.717, 1.165) is 39.0 Å². The lowest BCUT2D eigenvalue weighted by atomic mass is 10.2. The molecule has 0 radical (unpaired) electrons. The Hall–Kier alpha value is -2.58. The predicted octanol–water partition coefficient (Wildman–Crippen LogP) is 4.18. The summed E-state index contributed by atoms with van der Waals surface area (Å²) in [5.74, 6) is 1.42. The largest absolute Gasteiger partial charge is 0.271 e. The van der Waals surface area contributed by atoms with Crippen molar-refractivity contribution in [2.24, 2.45) is 0 Å². The van der Waals surface area contributed by atoms with E-state index in [0.29, 0.717) is 10.5 Å². The van der Waals surface area contributed by atoms with Gasteiger partial charge in [0.25, 0.3) is 0 Å². The quantitative estimate of drug-likeness (QED) is 0.325. The van der Waals surface area contributed by atoms with E-state index >= 15 is 0 Å². The first kappa shape index (κ1) is 16.9. The molecule has 0 fully saturated rings. The van der Waals surface area contributed by atoms with E-state index in [-0.39, 0.29) is 0 Å². The Bertz CT molecular complexity index is 1120. The molecule has 130 valence electrons. The van der Waals surface area contributed by atoms with Crippen LogP contribution in [0.2, 0.25) is 0 Å². The summed E-state index contributed by atoms with van der Waals surface area (Å²) in [6, 6.07) is 11.9. The third kappa shape index (κ3) is 3.25. The van der Waals surface area contributed by atoms with Crippen LogP contribution in [0.5, 0.6) is 0 Å². The number of nitrogens with zero attached hydrogens (tertiary/aromatic N) is 5. The van der Waals surface area contributed by atoms with Gasteiger partial charge in [0.2, 0.25) is 0 Å². The normalized spacial score (nSPS) is 11.2. The Morgan fingerprint density at radius 3 is 2.73 bits per heavy atom. The van der Waals surface area contributed by atoms with E-state index in [2.05, 4.69) is 25.1 Å². The van der Waals surface area contributed by atoms with E-state index in [1.807, 2.05) is 54.8 Å². The number of pyridine rings is 1. The van der Waals surface area contributed by atoms with Crippen LogP contribution in [0, 0.1) is 18.6 Å². The number of aromatic amines is 1. The number of aromatic nitrogens is 6. The fourth-order valence-electron chi connectivity index (χ4n) is 2.84. The molecule has 0 spiro atoms. The molecule has 0 aliphatic heterocycles. The highest BCUT2D eigenvalue weighted by Gasteiger charge is 2.13. The Morgan fingerprint density at radius 1 is 1.12 bits per heavy atom. The minimum Gasteiger partial charge on any atom is -0.271 e. The third-order valence-electron chi connectivity index (χ3n) is 3.90. The molecule has 3 heterocycles. The minimum absolute atomic E-state index is 0.554. The molecule has 0 amide bonds. The van der Waals surface area contributed by atoms with Gasteiger partial charge in [-0.15, -0.1) is 0 Å². The number of nitrogens with one attached hydrogen (secondary N) is 1. The van der Waals surface area contributed by atoms with Crippen molar-refractivity contribution in [3.05, 3.63) is 64.6 Å². The van der Waals surface area contributed by atoms with Gasteiger partial charge in [-0.3, -0.25) is 14.6 Å². The third-order valence-corrected chi connectivity index (χ3v) is 5.01. The molecule has 0 bridgehead atoms. The van der Waals surface area contributed by atoms with Gasteiger partial charge in [0, 0.05) is 23.0 Å². The fraction of sp³-hybridized carbons (Fsp3) is 0.167. The molecule has 0 saturated carbocycles. The topological polar surface area (TPSA) is 72.3 Å². The summed E-state index contributed by atoms with van der Waals surface area (Å²) in [7, 11) is 0. The highest BCUT2D eigenvalue weighted by molar-refractivity contribution is 7.98. The van der Waals surface area contributed by atoms with Gasteiger partial charge in [0.15, 0.2) is 9.93 Å². The van der Waals surface area contributed by atoms with E-state index in [1.54, 1.807) is 18.0 Å². The number of hydrogen-bond donors (Lipinski definition) is 1. The van der Waals surface area contributed by atoms with E-state index < -0.39 is 0 Å². The van der Waals surface area contributed by atoms with Gasteiger partial charge < -0.3 is 0 Å². The van der Waals surface area contributed by atoms with Crippen LogP contribution in [-0.4, -0.2) is 29.7 Å². The average molecular weight is 381 g/mol. The molecule has 4 aromatic rings. The molecule has 0 unspecified atom stereocenters. The second-order valence-electron chi connectivity index (χ2n) is 5.85.